The number of esters is 1. The number of fused-ring (bicyclic) bond motifs is 1. The Kier molecular flexibility index (Phi) is 5.41. The highest BCUT2D eigenvalue weighted by molar-refractivity contribution is 5.89. The van der Waals surface area contributed by atoms with Crippen molar-refractivity contribution >= 4 is 22.7 Å². The molecule has 3 rings (SSSR count). The quantitative estimate of drug-likeness (QED) is 0.671. The van der Waals surface area contributed by atoms with E-state index in [1.54, 1.807) is 6.07 Å². The van der Waals surface area contributed by atoms with Crippen LogP contribution in [0.15, 0.2) is 54.9 Å². The monoisotopic (exact) mass is 353 g/mol. The Hall–Kier alpha value is -3.02. The molecule has 134 valence electrons. The minimum absolute atomic E-state index is 0.128. The highest BCUT2D eigenvalue weighted by Crippen LogP contribution is 2.27. The van der Waals surface area contributed by atoms with E-state index in [2.05, 4.69) is 15.3 Å². The van der Waals surface area contributed by atoms with E-state index >= 15 is 0 Å². The highest BCUT2D eigenvalue weighted by atomic mass is 19.1. The summed E-state index contributed by atoms with van der Waals surface area (Å²) in [5, 5.41) is 3.81. The Labute approximate surface area is 151 Å². The molecule has 1 heterocycles. The van der Waals surface area contributed by atoms with Crippen LogP contribution in [-0.2, 0) is 9.53 Å². The normalized spacial score (nSPS) is 12.2. The number of hydrogen-bond donors (Lipinski definition) is 1. The summed E-state index contributed by atoms with van der Waals surface area (Å²) in [7, 11) is 0. The minimum atomic E-state index is -0.370. The Morgan fingerprint density at radius 2 is 1.92 bits per heavy atom. The summed E-state index contributed by atoms with van der Waals surface area (Å²) in [6, 6.07) is 13.5. The molecule has 0 aliphatic rings. The van der Waals surface area contributed by atoms with Gasteiger partial charge >= 0.3 is 5.97 Å². The first-order chi connectivity index (χ1) is 12.5. The van der Waals surface area contributed by atoms with Crippen LogP contribution in [-0.4, -0.2) is 22.0 Å². The number of anilines is 1. The SMILES string of the molecule is CC(C)OC(=O)CC(Nc1ncnc2ccc(F)cc12)c1ccccc1. The smallest absolute Gasteiger partial charge is 0.308 e. The molecule has 0 bridgehead atoms. The van der Waals surface area contributed by atoms with Crippen LogP contribution in [0.5, 0.6) is 0 Å². The summed E-state index contributed by atoms with van der Waals surface area (Å²) in [5.74, 6) is -0.211. The van der Waals surface area contributed by atoms with Gasteiger partial charge in [-0.15, -0.1) is 0 Å². The van der Waals surface area contributed by atoms with Crippen LogP contribution in [0.3, 0.4) is 0 Å². The van der Waals surface area contributed by atoms with Gasteiger partial charge in [0.2, 0.25) is 0 Å². The zero-order valence-corrected chi connectivity index (χ0v) is 14.6. The number of rotatable bonds is 6. The number of ether oxygens (including phenoxy) is 1. The standard InChI is InChI=1S/C20H20FN3O2/c1-13(2)26-19(25)11-18(14-6-4-3-5-7-14)24-20-16-10-15(21)8-9-17(16)22-12-23-20/h3-10,12-13,18H,11H2,1-2H3,(H,22,23,24). The van der Waals surface area contributed by atoms with Gasteiger partial charge in [-0.1, -0.05) is 30.3 Å². The average Bonchev–Trinajstić information content (AvgIpc) is 2.61. The van der Waals surface area contributed by atoms with Crippen molar-refractivity contribution in [2.75, 3.05) is 5.32 Å². The number of halogens is 1. The molecular weight excluding hydrogens is 333 g/mol. The molecule has 5 nitrogen and oxygen atoms in total. The zero-order valence-electron chi connectivity index (χ0n) is 14.6. The molecule has 0 saturated heterocycles. The summed E-state index contributed by atoms with van der Waals surface area (Å²) in [4.78, 5) is 20.6. The third-order valence-corrected chi connectivity index (χ3v) is 3.85. The Morgan fingerprint density at radius 3 is 2.65 bits per heavy atom. The van der Waals surface area contributed by atoms with E-state index < -0.39 is 0 Å². The summed E-state index contributed by atoms with van der Waals surface area (Å²) in [6.07, 6.45) is 1.35. The zero-order chi connectivity index (χ0) is 18.5. The lowest BCUT2D eigenvalue weighted by Gasteiger charge is -2.20. The van der Waals surface area contributed by atoms with Crippen molar-refractivity contribution in [3.8, 4) is 0 Å². The van der Waals surface area contributed by atoms with Crippen LogP contribution in [0, 0.1) is 5.82 Å². The van der Waals surface area contributed by atoms with Crippen LogP contribution >= 0.6 is 0 Å². The lowest BCUT2D eigenvalue weighted by molar-refractivity contribution is -0.147. The molecule has 0 fully saturated rings. The molecule has 26 heavy (non-hydrogen) atoms. The molecule has 6 heteroatoms. The number of carbonyl (C=O) groups excluding carboxylic acids is 1. The van der Waals surface area contributed by atoms with Crippen molar-refractivity contribution in [1.29, 1.82) is 0 Å². The fourth-order valence-corrected chi connectivity index (χ4v) is 2.72. The van der Waals surface area contributed by atoms with Gasteiger partial charge in [0.25, 0.3) is 0 Å². The van der Waals surface area contributed by atoms with Crippen LogP contribution in [0.25, 0.3) is 10.9 Å². The maximum Gasteiger partial charge on any atom is 0.308 e. The van der Waals surface area contributed by atoms with Gasteiger partial charge < -0.3 is 10.1 Å². The van der Waals surface area contributed by atoms with E-state index in [9.17, 15) is 9.18 Å². The Bertz CT molecular complexity index is 900. The van der Waals surface area contributed by atoms with Crippen molar-refractivity contribution < 1.29 is 13.9 Å². The van der Waals surface area contributed by atoms with E-state index in [1.165, 1.54) is 18.5 Å². The van der Waals surface area contributed by atoms with Crippen molar-refractivity contribution in [3.05, 3.63) is 66.2 Å². The van der Waals surface area contributed by atoms with Crippen molar-refractivity contribution in [2.45, 2.75) is 32.4 Å². The average molecular weight is 353 g/mol. The van der Waals surface area contributed by atoms with Gasteiger partial charge in [0, 0.05) is 5.39 Å². The van der Waals surface area contributed by atoms with Gasteiger partial charge in [0.05, 0.1) is 24.1 Å². The summed E-state index contributed by atoms with van der Waals surface area (Å²) in [6.45, 7) is 3.62. The lowest BCUT2D eigenvalue weighted by Crippen LogP contribution is -2.20. The van der Waals surface area contributed by atoms with Crippen molar-refractivity contribution in [3.63, 3.8) is 0 Å². The molecule has 0 aliphatic carbocycles. The van der Waals surface area contributed by atoms with Crippen molar-refractivity contribution in [2.24, 2.45) is 0 Å². The summed E-state index contributed by atoms with van der Waals surface area (Å²) in [5.41, 5.74) is 1.54. The Balaban J connectivity index is 1.93. The predicted molar refractivity (Wildman–Crippen MR) is 98.1 cm³/mol. The van der Waals surface area contributed by atoms with Crippen LogP contribution in [0.4, 0.5) is 10.2 Å². The maximum atomic E-state index is 13.7. The fourth-order valence-electron chi connectivity index (χ4n) is 2.72. The molecular formula is C20H20FN3O2. The molecule has 0 aliphatic heterocycles. The molecule has 2 aromatic carbocycles. The van der Waals surface area contributed by atoms with E-state index in [-0.39, 0.29) is 30.4 Å². The van der Waals surface area contributed by atoms with Crippen LogP contribution in [0.2, 0.25) is 0 Å². The number of nitrogens with zero attached hydrogens (tertiary/aromatic N) is 2. The van der Waals surface area contributed by atoms with Gasteiger partial charge in [0.1, 0.15) is 18.0 Å². The highest BCUT2D eigenvalue weighted by Gasteiger charge is 2.19. The first-order valence-electron chi connectivity index (χ1n) is 8.44. The number of nitrogens with one attached hydrogen (secondary N) is 1. The Morgan fingerprint density at radius 1 is 1.15 bits per heavy atom. The summed E-state index contributed by atoms with van der Waals surface area (Å²) < 4.78 is 18.9. The predicted octanol–water partition coefficient (Wildman–Crippen LogP) is 4.26. The molecule has 1 aromatic heterocycles. The second-order valence-electron chi connectivity index (χ2n) is 6.23. The molecule has 1 N–H and O–H groups in total. The first-order valence-corrected chi connectivity index (χ1v) is 8.44. The van der Waals surface area contributed by atoms with Gasteiger partial charge in [-0.05, 0) is 37.6 Å². The number of aromatic nitrogens is 2. The molecule has 0 amide bonds. The second-order valence-corrected chi connectivity index (χ2v) is 6.23. The van der Waals surface area contributed by atoms with Gasteiger partial charge in [-0.3, -0.25) is 4.79 Å². The van der Waals surface area contributed by atoms with E-state index in [0.29, 0.717) is 16.7 Å². The third kappa shape index (κ3) is 4.33. The first kappa shape index (κ1) is 17.8. The molecule has 1 unspecified atom stereocenters. The second kappa shape index (κ2) is 7.91. The molecule has 0 radical (unpaired) electrons. The minimum Gasteiger partial charge on any atom is -0.463 e. The van der Waals surface area contributed by atoms with Gasteiger partial charge in [-0.25, -0.2) is 14.4 Å². The van der Waals surface area contributed by atoms with Crippen LogP contribution < -0.4 is 5.32 Å². The topological polar surface area (TPSA) is 64.1 Å². The largest absolute Gasteiger partial charge is 0.463 e. The van der Waals surface area contributed by atoms with E-state index in [0.717, 1.165) is 5.56 Å². The molecule has 1 atom stereocenters. The number of carbonyl (C=O) groups is 1. The maximum absolute atomic E-state index is 13.7. The molecule has 3 aromatic rings. The molecule has 0 spiro atoms. The van der Waals surface area contributed by atoms with E-state index in [4.69, 9.17) is 4.74 Å². The van der Waals surface area contributed by atoms with Crippen LogP contribution in [0.1, 0.15) is 31.9 Å². The third-order valence-electron chi connectivity index (χ3n) is 3.85. The fraction of sp³-hybridized carbons (Fsp3) is 0.250. The van der Waals surface area contributed by atoms with E-state index in [1.807, 2.05) is 44.2 Å². The van der Waals surface area contributed by atoms with Crippen molar-refractivity contribution in [1.82, 2.24) is 9.97 Å². The lowest BCUT2D eigenvalue weighted by atomic mass is 10.0. The number of hydrogen-bond acceptors (Lipinski definition) is 5. The molecule has 0 saturated carbocycles. The van der Waals surface area contributed by atoms with Gasteiger partial charge in [-0.2, -0.15) is 0 Å². The number of benzene rings is 2. The summed E-state index contributed by atoms with van der Waals surface area (Å²) >= 11 is 0. The van der Waals surface area contributed by atoms with Gasteiger partial charge in [0.15, 0.2) is 0 Å².